The standard InChI is InChI=1S/C12H14N2O4/c1-8(15)11-6-9(2-3-12(11)14(17)18)13-5-4-10(16)7-13/h2-3,6,10,16H,4-5,7H2,1H3. The van der Waals surface area contributed by atoms with E-state index in [1.165, 1.54) is 19.1 Å². The molecule has 96 valence electrons. The van der Waals surface area contributed by atoms with Gasteiger partial charge in [0, 0.05) is 24.8 Å². The monoisotopic (exact) mass is 250 g/mol. The fourth-order valence-electron chi connectivity index (χ4n) is 2.14. The zero-order valence-corrected chi connectivity index (χ0v) is 10.00. The minimum atomic E-state index is -0.556. The Morgan fingerprint density at radius 1 is 1.56 bits per heavy atom. The van der Waals surface area contributed by atoms with E-state index in [0.29, 0.717) is 19.5 Å². The van der Waals surface area contributed by atoms with Gasteiger partial charge in [0.1, 0.15) is 0 Å². The first-order valence-electron chi connectivity index (χ1n) is 5.71. The average molecular weight is 250 g/mol. The second-order valence-electron chi connectivity index (χ2n) is 4.40. The molecule has 1 aromatic rings. The van der Waals surface area contributed by atoms with E-state index in [2.05, 4.69) is 0 Å². The lowest BCUT2D eigenvalue weighted by atomic mass is 10.1. The van der Waals surface area contributed by atoms with E-state index in [1.54, 1.807) is 6.07 Å². The number of anilines is 1. The number of hydrogen-bond donors (Lipinski definition) is 1. The number of carbonyl (C=O) groups excluding carboxylic acids is 1. The van der Waals surface area contributed by atoms with E-state index in [0.717, 1.165) is 5.69 Å². The zero-order valence-electron chi connectivity index (χ0n) is 10.00. The molecule has 0 radical (unpaired) electrons. The molecule has 0 aliphatic carbocycles. The molecule has 0 amide bonds. The van der Waals surface area contributed by atoms with Crippen molar-refractivity contribution in [1.82, 2.24) is 0 Å². The van der Waals surface area contributed by atoms with Gasteiger partial charge in [-0.25, -0.2) is 0 Å². The highest BCUT2D eigenvalue weighted by Gasteiger charge is 2.23. The second-order valence-corrected chi connectivity index (χ2v) is 4.40. The molecule has 6 nitrogen and oxygen atoms in total. The van der Waals surface area contributed by atoms with Crippen molar-refractivity contribution in [1.29, 1.82) is 0 Å². The van der Waals surface area contributed by atoms with Crippen LogP contribution in [0.25, 0.3) is 0 Å². The van der Waals surface area contributed by atoms with Crippen molar-refractivity contribution >= 4 is 17.2 Å². The first-order valence-corrected chi connectivity index (χ1v) is 5.71. The molecule has 1 unspecified atom stereocenters. The number of carbonyl (C=O) groups is 1. The normalized spacial score (nSPS) is 19.0. The minimum absolute atomic E-state index is 0.110. The summed E-state index contributed by atoms with van der Waals surface area (Å²) < 4.78 is 0. The number of nitro groups is 1. The van der Waals surface area contributed by atoms with Crippen LogP contribution in [0.1, 0.15) is 23.7 Å². The topological polar surface area (TPSA) is 83.7 Å². The van der Waals surface area contributed by atoms with E-state index in [4.69, 9.17) is 0 Å². The van der Waals surface area contributed by atoms with Gasteiger partial charge in [0.25, 0.3) is 5.69 Å². The number of Topliss-reactive ketones (excluding diaryl/α,β-unsaturated/α-hetero) is 1. The fraction of sp³-hybridized carbons (Fsp3) is 0.417. The van der Waals surface area contributed by atoms with Crippen molar-refractivity contribution in [2.24, 2.45) is 0 Å². The van der Waals surface area contributed by atoms with Crippen molar-refractivity contribution in [2.75, 3.05) is 18.0 Å². The number of ketones is 1. The summed E-state index contributed by atoms with van der Waals surface area (Å²) in [7, 11) is 0. The lowest BCUT2D eigenvalue weighted by Gasteiger charge is -2.18. The summed E-state index contributed by atoms with van der Waals surface area (Å²) >= 11 is 0. The van der Waals surface area contributed by atoms with Gasteiger partial charge >= 0.3 is 0 Å². The minimum Gasteiger partial charge on any atom is -0.391 e. The molecule has 0 spiro atoms. The number of nitro benzene ring substituents is 1. The van der Waals surface area contributed by atoms with Crippen molar-refractivity contribution in [3.63, 3.8) is 0 Å². The van der Waals surface area contributed by atoms with Crippen LogP contribution in [0.15, 0.2) is 18.2 Å². The molecule has 1 aliphatic heterocycles. The molecule has 1 aromatic carbocycles. The quantitative estimate of drug-likeness (QED) is 0.497. The Morgan fingerprint density at radius 2 is 2.28 bits per heavy atom. The van der Waals surface area contributed by atoms with Gasteiger partial charge in [-0.2, -0.15) is 0 Å². The third-order valence-corrected chi connectivity index (χ3v) is 3.08. The fourth-order valence-corrected chi connectivity index (χ4v) is 2.14. The highest BCUT2D eigenvalue weighted by atomic mass is 16.6. The molecule has 18 heavy (non-hydrogen) atoms. The Kier molecular flexibility index (Phi) is 3.29. The van der Waals surface area contributed by atoms with Crippen LogP contribution in [0.3, 0.4) is 0 Å². The van der Waals surface area contributed by atoms with Crippen LogP contribution in [0, 0.1) is 10.1 Å². The maximum absolute atomic E-state index is 11.4. The number of aliphatic hydroxyl groups is 1. The van der Waals surface area contributed by atoms with Crippen molar-refractivity contribution in [3.05, 3.63) is 33.9 Å². The molecule has 1 atom stereocenters. The smallest absolute Gasteiger partial charge is 0.280 e. The Balaban J connectivity index is 2.37. The van der Waals surface area contributed by atoms with E-state index in [9.17, 15) is 20.0 Å². The Morgan fingerprint density at radius 3 is 2.78 bits per heavy atom. The van der Waals surface area contributed by atoms with Gasteiger partial charge in [-0.1, -0.05) is 0 Å². The predicted molar refractivity (Wildman–Crippen MR) is 65.9 cm³/mol. The van der Waals surface area contributed by atoms with Gasteiger partial charge in [-0.05, 0) is 25.5 Å². The summed E-state index contributed by atoms with van der Waals surface area (Å²) in [5, 5.41) is 20.3. The van der Waals surface area contributed by atoms with Crippen LogP contribution in [0.4, 0.5) is 11.4 Å². The summed E-state index contributed by atoms with van der Waals surface area (Å²) in [6.07, 6.45) is 0.299. The van der Waals surface area contributed by atoms with E-state index in [-0.39, 0.29) is 23.1 Å². The van der Waals surface area contributed by atoms with E-state index < -0.39 is 4.92 Å². The zero-order chi connectivity index (χ0) is 13.3. The molecule has 0 bridgehead atoms. The summed E-state index contributed by atoms with van der Waals surface area (Å²) in [5.41, 5.74) is 0.673. The molecular formula is C12H14N2O4. The number of rotatable bonds is 3. The van der Waals surface area contributed by atoms with Crippen LogP contribution >= 0.6 is 0 Å². The number of benzene rings is 1. The van der Waals surface area contributed by atoms with Gasteiger partial charge < -0.3 is 10.0 Å². The summed E-state index contributed by atoms with van der Waals surface area (Å²) in [4.78, 5) is 23.6. The molecule has 1 N–H and O–H groups in total. The molecular weight excluding hydrogens is 236 g/mol. The number of aliphatic hydroxyl groups excluding tert-OH is 1. The van der Waals surface area contributed by atoms with Gasteiger partial charge in [0.05, 0.1) is 16.6 Å². The van der Waals surface area contributed by atoms with Gasteiger partial charge in [0.15, 0.2) is 5.78 Å². The van der Waals surface area contributed by atoms with Gasteiger partial charge in [-0.15, -0.1) is 0 Å². The van der Waals surface area contributed by atoms with E-state index in [1.807, 2.05) is 4.90 Å². The number of β-amino-alcohol motifs (C(OH)–C–C–N with tert-alkyl or cyclic N) is 1. The van der Waals surface area contributed by atoms with E-state index >= 15 is 0 Å². The maximum atomic E-state index is 11.4. The largest absolute Gasteiger partial charge is 0.391 e. The van der Waals surface area contributed by atoms with Gasteiger partial charge in [-0.3, -0.25) is 14.9 Å². The molecule has 0 saturated carbocycles. The predicted octanol–water partition coefficient (Wildman–Crippen LogP) is 1.37. The van der Waals surface area contributed by atoms with Crippen LogP contribution < -0.4 is 4.90 Å². The second kappa shape index (κ2) is 4.73. The lowest BCUT2D eigenvalue weighted by Crippen LogP contribution is -2.21. The highest BCUT2D eigenvalue weighted by molar-refractivity contribution is 5.99. The maximum Gasteiger partial charge on any atom is 0.280 e. The summed E-state index contributed by atoms with van der Waals surface area (Å²) in [6.45, 7) is 2.50. The molecule has 1 fully saturated rings. The van der Waals surface area contributed by atoms with Crippen molar-refractivity contribution in [3.8, 4) is 0 Å². The molecule has 1 aliphatic rings. The SMILES string of the molecule is CC(=O)c1cc(N2CCC(O)C2)ccc1[N+](=O)[O-]. The molecule has 1 saturated heterocycles. The van der Waals surface area contributed by atoms with Crippen LogP contribution in [0.2, 0.25) is 0 Å². The Hall–Kier alpha value is -1.95. The third kappa shape index (κ3) is 2.33. The summed E-state index contributed by atoms with van der Waals surface area (Å²) in [5.74, 6) is -0.330. The number of nitrogens with zero attached hydrogens (tertiary/aromatic N) is 2. The average Bonchev–Trinajstić information content (AvgIpc) is 2.75. The molecule has 2 rings (SSSR count). The first kappa shape index (κ1) is 12.5. The van der Waals surface area contributed by atoms with Crippen LogP contribution in [-0.2, 0) is 0 Å². The Bertz CT molecular complexity index is 501. The van der Waals surface area contributed by atoms with Gasteiger partial charge in [0.2, 0.25) is 0 Å². The van der Waals surface area contributed by atoms with Crippen LogP contribution in [-0.4, -0.2) is 35.0 Å². The summed E-state index contributed by atoms with van der Waals surface area (Å²) in [6, 6.07) is 4.48. The Labute approximate surface area is 104 Å². The number of hydrogen-bond acceptors (Lipinski definition) is 5. The first-order chi connectivity index (χ1) is 8.49. The van der Waals surface area contributed by atoms with Crippen molar-refractivity contribution < 1.29 is 14.8 Å². The molecule has 6 heteroatoms. The lowest BCUT2D eigenvalue weighted by molar-refractivity contribution is -0.385. The third-order valence-electron chi connectivity index (χ3n) is 3.08. The molecule has 1 heterocycles. The highest BCUT2D eigenvalue weighted by Crippen LogP contribution is 2.27. The van der Waals surface area contributed by atoms with Crippen molar-refractivity contribution in [2.45, 2.75) is 19.4 Å². The molecule has 0 aromatic heterocycles. The van der Waals surface area contributed by atoms with Crippen LogP contribution in [0.5, 0.6) is 0 Å².